The topological polar surface area (TPSA) is 46.2 Å². The monoisotopic (exact) mass is 281 g/mol. The van der Waals surface area contributed by atoms with Gasteiger partial charge in [-0.2, -0.15) is 0 Å². The molecule has 0 radical (unpaired) electrons. The van der Waals surface area contributed by atoms with Crippen LogP contribution in [-0.2, 0) is 9.84 Å². The molecule has 0 saturated carbocycles. The van der Waals surface area contributed by atoms with Crippen molar-refractivity contribution >= 4 is 9.84 Å². The van der Waals surface area contributed by atoms with Crippen molar-refractivity contribution in [3.8, 4) is 0 Å². The third kappa shape index (κ3) is 2.56. The molecule has 19 heavy (non-hydrogen) atoms. The molecule has 1 N–H and O–H groups in total. The van der Waals surface area contributed by atoms with E-state index in [1.165, 1.54) is 5.56 Å². The lowest BCUT2D eigenvalue weighted by Crippen LogP contribution is -2.34. The van der Waals surface area contributed by atoms with E-state index in [9.17, 15) is 8.42 Å². The van der Waals surface area contributed by atoms with Crippen LogP contribution in [0.15, 0.2) is 23.1 Å². The van der Waals surface area contributed by atoms with Crippen LogP contribution in [0.3, 0.4) is 0 Å². The fourth-order valence-corrected chi connectivity index (χ4v) is 4.37. The summed E-state index contributed by atoms with van der Waals surface area (Å²) in [5.74, 6) is 0.412. The zero-order chi connectivity index (χ0) is 14.2. The fraction of sp³-hybridized carbons (Fsp3) is 0.600. The van der Waals surface area contributed by atoms with E-state index in [1.54, 1.807) is 13.0 Å². The Hall–Kier alpha value is -0.870. The SMILES string of the molecule is CCNC1CC(C)S(=O)(=O)c2ccc(C(C)C)cc21. The second-order valence-electron chi connectivity index (χ2n) is 5.65. The lowest BCUT2D eigenvalue weighted by molar-refractivity contribution is 0.473. The quantitative estimate of drug-likeness (QED) is 0.926. The predicted octanol–water partition coefficient (Wildman–Crippen LogP) is 3.03. The maximum Gasteiger partial charge on any atom is 0.181 e. The molecule has 0 saturated heterocycles. The molecule has 1 aliphatic rings. The minimum Gasteiger partial charge on any atom is -0.310 e. The summed E-state index contributed by atoms with van der Waals surface area (Å²) in [5.41, 5.74) is 2.15. The van der Waals surface area contributed by atoms with Crippen molar-refractivity contribution in [2.45, 2.75) is 56.2 Å². The summed E-state index contributed by atoms with van der Waals surface area (Å²) in [6, 6.07) is 5.95. The second kappa shape index (κ2) is 5.25. The van der Waals surface area contributed by atoms with Gasteiger partial charge in [-0.1, -0.05) is 32.9 Å². The molecule has 4 heteroatoms. The molecule has 0 bridgehead atoms. The second-order valence-corrected chi connectivity index (χ2v) is 7.99. The first kappa shape index (κ1) is 14.5. The molecule has 0 spiro atoms. The molecular formula is C15H23NO2S. The zero-order valence-electron chi connectivity index (χ0n) is 12.1. The first-order valence-electron chi connectivity index (χ1n) is 6.99. The number of benzene rings is 1. The highest BCUT2D eigenvalue weighted by atomic mass is 32.2. The van der Waals surface area contributed by atoms with E-state index in [4.69, 9.17) is 0 Å². The molecule has 2 unspecified atom stereocenters. The summed E-state index contributed by atoms with van der Waals surface area (Å²) in [6.07, 6.45) is 0.657. The molecule has 106 valence electrons. The van der Waals surface area contributed by atoms with E-state index in [0.29, 0.717) is 17.2 Å². The number of sulfone groups is 1. The number of hydrogen-bond acceptors (Lipinski definition) is 3. The molecule has 1 aromatic carbocycles. The average Bonchev–Trinajstić information content (AvgIpc) is 2.36. The highest BCUT2D eigenvalue weighted by Crippen LogP contribution is 2.37. The highest BCUT2D eigenvalue weighted by molar-refractivity contribution is 7.92. The minimum atomic E-state index is -3.15. The Morgan fingerprint density at radius 3 is 2.63 bits per heavy atom. The van der Waals surface area contributed by atoms with E-state index < -0.39 is 9.84 Å². The van der Waals surface area contributed by atoms with Gasteiger partial charge in [0, 0.05) is 6.04 Å². The molecular weight excluding hydrogens is 258 g/mol. The number of hydrogen-bond donors (Lipinski definition) is 1. The Bertz CT molecular complexity index is 564. The van der Waals surface area contributed by atoms with Crippen LogP contribution < -0.4 is 5.32 Å². The van der Waals surface area contributed by atoms with Crippen molar-refractivity contribution in [1.82, 2.24) is 5.32 Å². The van der Waals surface area contributed by atoms with Crippen molar-refractivity contribution in [2.75, 3.05) is 6.54 Å². The Labute approximate surface area is 116 Å². The molecule has 0 fully saturated rings. The van der Waals surface area contributed by atoms with Crippen molar-refractivity contribution in [3.63, 3.8) is 0 Å². The van der Waals surface area contributed by atoms with Crippen LogP contribution in [-0.4, -0.2) is 20.2 Å². The lowest BCUT2D eigenvalue weighted by atomic mass is 9.95. The maximum atomic E-state index is 12.4. The molecule has 0 amide bonds. The number of nitrogens with one attached hydrogen (secondary N) is 1. The van der Waals surface area contributed by atoms with Gasteiger partial charge < -0.3 is 5.32 Å². The minimum absolute atomic E-state index is 0.150. The van der Waals surface area contributed by atoms with Gasteiger partial charge in [-0.15, -0.1) is 0 Å². The van der Waals surface area contributed by atoms with Gasteiger partial charge in [-0.3, -0.25) is 0 Å². The average molecular weight is 281 g/mol. The summed E-state index contributed by atoms with van der Waals surface area (Å²) in [4.78, 5) is 0.515. The fourth-order valence-electron chi connectivity index (χ4n) is 2.70. The zero-order valence-corrected chi connectivity index (χ0v) is 12.9. The van der Waals surface area contributed by atoms with Gasteiger partial charge in [-0.25, -0.2) is 8.42 Å². The van der Waals surface area contributed by atoms with Gasteiger partial charge in [0.15, 0.2) is 9.84 Å². The molecule has 0 aromatic heterocycles. The summed E-state index contributed by atoms with van der Waals surface area (Å²) in [5, 5.41) is 3.10. The van der Waals surface area contributed by atoms with Crippen LogP contribution in [0.25, 0.3) is 0 Å². The van der Waals surface area contributed by atoms with E-state index in [2.05, 4.69) is 32.2 Å². The van der Waals surface area contributed by atoms with Crippen LogP contribution in [0.5, 0.6) is 0 Å². The van der Waals surface area contributed by atoms with E-state index in [0.717, 1.165) is 12.1 Å². The highest BCUT2D eigenvalue weighted by Gasteiger charge is 2.35. The van der Waals surface area contributed by atoms with E-state index >= 15 is 0 Å². The van der Waals surface area contributed by atoms with Gasteiger partial charge >= 0.3 is 0 Å². The Morgan fingerprint density at radius 2 is 2.05 bits per heavy atom. The number of fused-ring (bicyclic) bond motifs is 1. The third-order valence-electron chi connectivity index (χ3n) is 3.93. The first-order valence-corrected chi connectivity index (χ1v) is 8.53. The van der Waals surface area contributed by atoms with Crippen LogP contribution in [0, 0.1) is 0 Å². The smallest absolute Gasteiger partial charge is 0.181 e. The molecule has 3 nitrogen and oxygen atoms in total. The molecule has 0 aliphatic carbocycles. The Morgan fingerprint density at radius 1 is 1.37 bits per heavy atom. The van der Waals surface area contributed by atoms with Crippen LogP contribution in [0.1, 0.15) is 57.2 Å². The summed E-state index contributed by atoms with van der Waals surface area (Å²) in [7, 11) is -3.15. The van der Waals surface area contributed by atoms with E-state index in [-0.39, 0.29) is 11.3 Å². The van der Waals surface area contributed by atoms with Gasteiger partial charge in [0.2, 0.25) is 0 Å². The summed E-state index contributed by atoms with van der Waals surface area (Å²) in [6.45, 7) is 8.97. The van der Waals surface area contributed by atoms with Crippen molar-refractivity contribution in [1.29, 1.82) is 0 Å². The van der Waals surface area contributed by atoms with Gasteiger partial charge in [0.05, 0.1) is 10.1 Å². The molecule has 1 aliphatic heterocycles. The van der Waals surface area contributed by atoms with Crippen molar-refractivity contribution in [2.24, 2.45) is 0 Å². The number of rotatable bonds is 3. The largest absolute Gasteiger partial charge is 0.310 e. The van der Waals surface area contributed by atoms with Crippen LogP contribution in [0.4, 0.5) is 0 Å². The standard InChI is InChI=1S/C15H23NO2S/c1-5-16-14-8-11(4)19(17,18)15-7-6-12(10(2)3)9-13(14)15/h6-7,9-11,14,16H,5,8H2,1-4H3. The Kier molecular flexibility index (Phi) is 4.02. The van der Waals surface area contributed by atoms with Crippen molar-refractivity contribution in [3.05, 3.63) is 29.3 Å². The molecule has 1 heterocycles. The van der Waals surface area contributed by atoms with Crippen LogP contribution in [0.2, 0.25) is 0 Å². The molecule has 2 atom stereocenters. The molecule has 1 aromatic rings. The summed E-state index contributed by atoms with van der Waals surface area (Å²) < 4.78 is 24.8. The molecule has 2 rings (SSSR count). The van der Waals surface area contributed by atoms with E-state index in [1.807, 2.05) is 6.07 Å². The van der Waals surface area contributed by atoms with Gasteiger partial charge in [0.1, 0.15) is 0 Å². The third-order valence-corrected chi connectivity index (χ3v) is 6.17. The lowest BCUT2D eigenvalue weighted by Gasteiger charge is -2.31. The maximum absolute atomic E-state index is 12.4. The Balaban J connectivity index is 2.58. The van der Waals surface area contributed by atoms with Gasteiger partial charge in [-0.05, 0) is 43.0 Å². The van der Waals surface area contributed by atoms with Crippen molar-refractivity contribution < 1.29 is 8.42 Å². The summed E-state index contributed by atoms with van der Waals surface area (Å²) >= 11 is 0. The normalized spacial score (nSPS) is 25.3. The van der Waals surface area contributed by atoms with Crippen LogP contribution >= 0.6 is 0 Å². The van der Waals surface area contributed by atoms with Gasteiger partial charge in [0.25, 0.3) is 0 Å². The predicted molar refractivity (Wildman–Crippen MR) is 78.2 cm³/mol. The first-order chi connectivity index (χ1) is 8.87.